The lowest BCUT2D eigenvalue weighted by Crippen LogP contribution is -2.10. The Bertz CT molecular complexity index is 1190. The molecule has 0 radical (unpaired) electrons. The fourth-order valence-electron chi connectivity index (χ4n) is 4.60. The molecule has 36 heavy (non-hydrogen) atoms. The zero-order valence-corrected chi connectivity index (χ0v) is 19.6. The molecule has 192 valence electrons. The Labute approximate surface area is 205 Å². The van der Waals surface area contributed by atoms with E-state index in [0.717, 1.165) is 49.2 Å². The standard InChI is InChI=1S/C26H27F4N3O3/c27-21-10-4-8-18(14-23(34)35)25(21)36-13-5-9-19-16-33(32-24(19)17-6-2-1-3-7-17)22-12-11-20(15-31-22)26(28,29)30/h4,8,10-12,15-17H,1-3,5-7,9,13-14H2,(H,34,35). The highest BCUT2D eigenvalue weighted by molar-refractivity contribution is 5.71. The summed E-state index contributed by atoms with van der Waals surface area (Å²) in [5, 5.41) is 13.8. The average molecular weight is 506 g/mol. The van der Waals surface area contributed by atoms with Gasteiger partial charge in [0, 0.05) is 23.9 Å². The number of benzene rings is 1. The largest absolute Gasteiger partial charge is 0.490 e. The maximum absolute atomic E-state index is 14.2. The van der Waals surface area contributed by atoms with Crippen LogP contribution in [0.25, 0.3) is 5.82 Å². The first-order chi connectivity index (χ1) is 17.2. The second kappa shape index (κ2) is 11.1. The number of para-hydroxylation sites is 1. The van der Waals surface area contributed by atoms with Crippen LogP contribution in [0.4, 0.5) is 17.6 Å². The molecule has 0 aliphatic heterocycles. The van der Waals surface area contributed by atoms with Crippen molar-refractivity contribution in [1.29, 1.82) is 0 Å². The predicted octanol–water partition coefficient (Wildman–Crippen LogP) is 6.11. The smallest absolute Gasteiger partial charge is 0.417 e. The first-order valence-corrected chi connectivity index (χ1v) is 12.0. The number of aryl methyl sites for hydroxylation is 1. The van der Waals surface area contributed by atoms with Crippen LogP contribution >= 0.6 is 0 Å². The van der Waals surface area contributed by atoms with Crippen molar-refractivity contribution in [3.05, 3.63) is 70.9 Å². The lowest BCUT2D eigenvalue weighted by atomic mass is 9.85. The monoisotopic (exact) mass is 505 g/mol. The summed E-state index contributed by atoms with van der Waals surface area (Å²) < 4.78 is 60.1. The first-order valence-electron chi connectivity index (χ1n) is 12.0. The average Bonchev–Trinajstić information content (AvgIpc) is 3.27. The molecule has 0 saturated heterocycles. The number of ether oxygens (including phenoxy) is 1. The van der Waals surface area contributed by atoms with Crippen LogP contribution in [-0.4, -0.2) is 32.4 Å². The number of pyridine rings is 1. The third-order valence-corrected chi connectivity index (χ3v) is 6.35. The van der Waals surface area contributed by atoms with E-state index in [4.69, 9.17) is 14.9 Å². The Hall–Kier alpha value is -3.43. The highest BCUT2D eigenvalue weighted by atomic mass is 19.4. The molecule has 0 unspecified atom stereocenters. The molecule has 0 atom stereocenters. The molecular weight excluding hydrogens is 478 g/mol. The second-order valence-electron chi connectivity index (χ2n) is 8.97. The van der Waals surface area contributed by atoms with E-state index >= 15 is 0 Å². The summed E-state index contributed by atoms with van der Waals surface area (Å²) in [7, 11) is 0. The quantitative estimate of drug-likeness (QED) is 0.280. The maximum Gasteiger partial charge on any atom is 0.417 e. The third-order valence-electron chi connectivity index (χ3n) is 6.35. The van der Waals surface area contributed by atoms with Crippen molar-refractivity contribution in [2.45, 2.75) is 63.5 Å². The summed E-state index contributed by atoms with van der Waals surface area (Å²) in [6, 6.07) is 6.48. The number of hydrogen-bond donors (Lipinski definition) is 1. The number of halogens is 4. The van der Waals surface area contributed by atoms with Gasteiger partial charge in [-0.25, -0.2) is 14.1 Å². The van der Waals surface area contributed by atoms with Crippen LogP contribution in [0.5, 0.6) is 5.75 Å². The molecular formula is C26H27F4N3O3. The van der Waals surface area contributed by atoms with E-state index < -0.39 is 23.5 Å². The van der Waals surface area contributed by atoms with Crippen molar-refractivity contribution in [1.82, 2.24) is 14.8 Å². The molecule has 2 heterocycles. The van der Waals surface area contributed by atoms with Crippen molar-refractivity contribution in [3.8, 4) is 11.6 Å². The SMILES string of the molecule is O=C(O)Cc1cccc(F)c1OCCCc1cn(-c2ccc(C(F)(F)F)cn2)nc1C1CCCCC1. The molecule has 0 bridgehead atoms. The second-order valence-corrected chi connectivity index (χ2v) is 8.97. The number of aliphatic carboxylic acids is 1. The van der Waals surface area contributed by atoms with E-state index in [2.05, 4.69) is 4.98 Å². The van der Waals surface area contributed by atoms with E-state index in [9.17, 15) is 22.4 Å². The van der Waals surface area contributed by atoms with E-state index in [1.165, 1.54) is 35.4 Å². The topological polar surface area (TPSA) is 77.2 Å². The summed E-state index contributed by atoms with van der Waals surface area (Å²) in [6.45, 7) is 0.168. The van der Waals surface area contributed by atoms with Crippen molar-refractivity contribution in [2.75, 3.05) is 6.61 Å². The number of hydrogen-bond acceptors (Lipinski definition) is 4. The van der Waals surface area contributed by atoms with Crippen LogP contribution in [0.15, 0.2) is 42.7 Å². The van der Waals surface area contributed by atoms with Crippen LogP contribution in [0.3, 0.4) is 0 Å². The van der Waals surface area contributed by atoms with E-state index in [-0.39, 0.29) is 30.3 Å². The van der Waals surface area contributed by atoms with Gasteiger partial charge in [-0.05, 0) is 49.4 Å². The number of carboxylic acids is 1. The van der Waals surface area contributed by atoms with Gasteiger partial charge in [-0.3, -0.25) is 4.79 Å². The molecule has 3 aromatic rings. The predicted molar refractivity (Wildman–Crippen MR) is 124 cm³/mol. The van der Waals surface area contributed by atoms with Crippen LogP contribution in [0, 0.1) is 5.82 Å². The summed E-state index contributed by atoms with van der Waals surface area (Å²) in [4.78, 5) is 15.0. The van der Waals surface area contributed by atoms with Gasteiger partial charge in [0.05, 0.1) is 24.3 Å². The van der Waals surface area contributed by atoms with Crippen molar-refractivity contribution in [3.63, 3.8) is 0 Å². The minimum absolute atomic E-state index is 0.0583. The third kappa shape index (κ3) is 6.22. The highest BCUT2D eigenvalue weighted by Gasteiger charge is 2.31. The molecule has 0 amide bonds. The zero-order valence-electron chi connectivity index (χ0n) is 19.6. The normalized spacial score (nSPS) is 14.7. The van der Waals surface area contributed by atoms with Gasteiger partial charge >= 0.3 is 12.1 Å². The molecule has 2 aromatic heterocycles. The molecule has 1 aromatic carbocycles. The van der Waals surface area contributed by atoms with Gasteiger partial charge in [0.25, 0.3) is 0 Å². The van der Waals surface area contributed by atoms with E-state index in [0.29, 0.717) is 18.7 Å². The van der Waals surface area contributed by atoms with Crippen molar-refractivity contribution in [2.24, 2.45) is 0 Å². The molecule has 0 spiro atoms. The molecule has 1 saturated carbocycles. The zero-order chi connectivity index (χ0) is 25.7. The van der Waals surface area contributed by atoms with Gasteiger partial charge in [0.1, 0.15) is 0 Å². The van der Waals surface area contributed by atoms with Crippen LogP contribution in [0.2, 0.25) is 0 Å². The number of rotatable bonds is 9. The molecule has 1 aliphatic rings. The fraction of sp³-hybridized carbons (Fsp3) is 0.423. The molecule has 4 rings (SSSR count). The number of carbonyl (C=O) groups is 1. The van der Waals surface area contributed by atoms with Crippen molar-refractivity contribution < 1.29 is 32.2 Å². The van der Waals surface area contributed by atoms with Crippen LogP contribution in [0.1, 0.15) is 66.8 Å². The van der Waals surface area contributed by atoms with Gasteiger partial charge in [0.2, 0.25) is 0 Å². The lowest BCUT2D eigenvalue weighted by molar-refractivity contribution is -0.138. The van der Waals surface area contributed by atoms with Gasteiger partial charge in [-0.15, -0.1) is 0 Å². The molecule has 1 aliphatic carbocycles. The Morgan fingerprint density at radius 2 is 1.89 bits per heavy atom. The Morgan fingerprint density at radius 3 is 2.56 bits per heavy atom. The fourth-order valence-corrected chi connectivity index (χ4v) is 4.60. The highest BCUT2D eigenvalue weighted by Crippen LogP contribution is 2.35. The number of alkyl halides is 3. The molecule has 1 fully saturated rings. The van der Waals surface area contributed by atoms with Crippen LogP contribution in [-0.2, 0) is 23.8 Å². The van der Waals surface area contributed by atoms with Gasteiger partial charge in [0.15, 0.2) is 17.4 Å². The first kappa shape index (κ1) is 25.7. The minimum atomic E-state index is -4.46. The number of nitrogens with zero attached hydrogens (tertiary/aromatic N) is 3. The minimum Gasteiger partial charge on any atom is -0.490 e. The summed E-state index contributed by atoms with van der Waals surface area (Å²) in [6.07, 6.45) is 4.22. The number of carboxylic acid groups (broad SMARTS) is 1. The Balaban J connectivity index is 1.49. The summed E-state index contributed by atoms with van der Waals surface area (Å²) in [5.74, 6) is -1.19. The van der Waals surface area contributed by atoms with Gasteiger partial charge in [-0.1, -0.05) is 31.4 Å². The molecule has 6 nitrogen and oxygen atoms in total. The maximum atomic E-state index is 14.2. The van der Waals surface area contributed by atoms with Gasteiger partial charge < -0.3 is 9.84 Å². The van der Waals surface area contributed by atoms with E-state index in [1.54, 1.807) is 6.20 Å². The Morgan fingerprint density at radius 1 is 1.11 bits per heavy atom. The molecule has 1 N–H and O–H groups in total. The van der Waals surface area contributed by atoms with Crippen LogP contribution < -0.4 is 4.74 Å². The van der Waals surface area contributed by atoms with Crippen molar-refractivity contribution >= 4 is 5.97 Å². The summed E-state index contributed by atoms with van der Waals surface area (Å²) in [5.41, 5.74) is 1.31. The molecule has 10 heteroatoms. The lowest BCUT2D eigenvalue weighted by Gasteiger charge is -2.21. The summed E-state index contributed by atoms with van der Waals surface area (Å²) >= 11 is 0. The van der Waals surface area contributed by atoms with E-state index in [1.807, 2.05) is 0 Å². The number of aromatic nitrogens is 3. The Kier molecular flexibility index (Phi) is 7.91. The van der Waals surface area contributed by atoms with Gasteiger partial charge in [-0.2, -0.15) is 18.3 Å².